The Morgan fingerprint density at radius 1 is 1.37 bits per heavy atom. The number of hydrogen-bond donors (Lipinski definition) is 1. The maximum Gasteiger partial charge on any atom is 0.201 e. The maximum absolute atomic E-state index is 6.10. The van der Waals surface area contributed by atoms with Gasteiger partial charge in [0.15, 0.2) is 0 Å². The number of anilines is 1. The van der Waals surface area contributed by atoms with Gasteiger partial charge in [-0.25, -0.2) is 4.98 Å². The fourth-order valence-electron chi connectivity index (χ4n) is 2.82. The summed E-state index contributed by atoms with van der Waals surface area (Å²) in [6.07, 6.45) is 2.16. The first-order valence-corrected chi connectivity index (χ1v) is 6.88. The van der Waals surface area contributed by atoms with Crippen LogP contribution in [0.4, 0.5) is 5.95 Å². The first-order valence-electron chi connectivity index (χ1n) is 6.88. The number of nitrogen functional groups attached to an aromatic ring is 1. The van der Waals surface area contributed by atoms with E-state index in [4.69, 9.17) is 10.5 Å². The van der Waals surface area contributed by atoms with Crippen LogP contribution in [0.2, 0.25) is 0 Å². The fourth-order valence-corrected chi connectivity index (χ4v) is 2.82. The topological polar surface area (TPSA) is 53.1 Å². The van der Waals surface area contributed by atoms with Crippen LogP contribution in [-0.4, -0.2) is 22.8 Å². The lowest BCUT2D eigenvalue weighted by Crippen LogP contribution is -2.31. The third-order valence-electron chi connectivity index (χ3n) is 4.17. The van der Waals surface area contributed by atoms with E-state index in [0.29, 0.717) is 5.95 Å². The highest BCUT2D eigenvalue weighted by Gasteiger charge is 2.29. The standard InChI is InChI=1S/C15H21N3O/c1-11-3-4-12-13(9-11)18(14(16)17-12)10-15(2)5-7-19-8-6-15/h3-4,9H,5-8,10H2,1-2H3,(H2,16,17). The zero-order valence-electron chi connectivity index (χ0n) is 11.6. The second-order valence-corrected chi connectivity index (χ2v) is 5.97. The van der Waals surface area contributed by atoms with Crippen molar-refractivity contribution in [2.75, 3.05) is 18.9 Å². The molecule has 0 aliphatic carbocycles. The van der Waals surface area contributed by atoms with Gasteiger partial charge in [0.05, 0.1) is 11.0 Å². The molecule has 0 saturated carbocycles. The highest BCUT2D eigenvalue weighted by molar-refractivity contribution is 5.79. The zero-order valence-corrected chi connectivity index (χ0v) is 11.6. The Morgan fingerprint density at radius 3 is 2.84 bits per heavy atom. The van der Waals surface area contributed by atoms with Crippen LogP contribution >= 0.6 is 0 Å². The van der Waals surface area contributed by atoms with Crippen molar-refractivity contribution in [3.63, 3.8) is 0 Å². The van der Waals surface area contributed by atoms with Crippen LogP contribution in [0.5, 0.6) is 0 Å². The van der Waals surface area contributed by atoms with E-state index in [0.717, 1.165) is 43.6 Å². The number of fused-ring (bicyclic) bond motifs is 1. The van der Waals surface area contributed by atoms with Gasteiger partial charge >= 0.3 is 0 Å². The van der Waals surface area contributed by atoms with Crippen LogP contribution in [0, 0.1) is 12.3 Å². The van der Waals surface area contributed by atoms with E-state index < -0.39 is 0 Å². The molecule has 1 aliphatic heterocycles. The molecule has 0 radical (unpaired) electrons. The molecule has 0 spiro atoms. The number of aromatic nitrogens is 2. The van der Waals surface area contributed by atoms with E-state index >= 15 is 0 Å². The smallest absolute Gasteiger partial charge is 0.201 e. The summed E-state index contributed by atoms with van der Waals surface area (Å²) >= 11 is 0. The first-order chi connectivity index (χ1) is 9.07. The quantitative estimate of drug-likeness (QED) is 0.902. The molecule has 2 aromatic rings. The van der Waals surface area contributed by atoms with Crippen molar-refractivity contribution in [3.8, 4) is 0 Å². The van der Waals surface area contributed by atoms with Crippen LogP contribution in [-0.2, 0) is 11.3 Å². The predicted octanol–water partition coefficient (Wildman–Crippen LogP) is 2.74. The molecule has 0 bridgehead atoms. The van der Waals surface area contributed by atoms with E-state index in [1.165, 1.54) is 5.56 Å². The lowest BCUT2D eigenvalue weighted by atomic mass is 9.82. The molecule has 2 N–H and O–H groups in total. The molecular formula is C15H21N3O. The number of nitrogens with zero attached hydrogens (tertiary/aromatic N) is 2. The minimum atomic E-state index is 0.254. The first kappa shape index (κ1) is 12.5. The Kier molecular flexibility index (Phi) is 2.97. The van der Waals surface area contributed by atoms with Gasteiger partial charge < -0.3 is 15.0 Å². The summed E-state index contributed by atoms with van der Waals surface area (Å²) < 4.78 is 7.63. The number of benzene rings is 1. The Hall–Kier alpha value is -1.55. The molecule has 1 aromatic carbocycles. The summed E-state index contributed by atoms with van der Waals surface area (Å²) in [6.45, 7) is 7.03. The number of nitrogens with two attached hydrogens (primary N) is 1. The minimum absolute atomic E-state index is 0.254. The van der Waals surface area contributed by atoms with Crippen LogP contribution in [0.15, 0.2) is 18.2 Å². The lowest BCUT2D eigenvalue weighted by Gasteiger charge is -2.34. The Balaban J connectivity index is 1.99. The molecule has 4 nitrogen and oxygen atoms in total. The Labute approximate surface area is 113 Å². The van der Waals surface area contributed by atoms with E-state index in [1.807, 2.05) is 6.07 Å². The van der Waals surface area contributed by atoms with Crippen LogP contribution in [0.3, 0.4) is 0 Å². The SMILES string of the molecule is Cc1ccc2nc(N)n(CC3(C)CCOCC3)c2c1. The third-order valence-corrected chi connectivity index (χ3v) is 4.17. The molecule has 1 aliphatic rings. The van der Waals surface area contributed by atoms with Gasteiger partial charge in [0, 0.05) is 19.8 Å². The molecular weight excluding hydrogens is 238 g/mol. The summed E-state index contributed by atoms with van der Waals surface area (Å²) in [6, 6.07) is 6.29. The van der Waals surface area contributed by atoms with Gasteiger partial charge in [-0.15, -0.1) is 0 Å². The fraction of sp³-hybridized carbons (Fsp3) is 0.533. The Morgan fingerprint density at radius 2 is 2.11 bits per heavy atom. The maximum atomic E-state index is 6.10. The van der Waals surface area contributed by atoms with Crippen LogP contribution < -0.4 is 5.73 Å². The summed E-state index contributed by atoms with van der Waals surface area (Å²) in [7, 11) is 0. The minimum Gasteiger partial charge on any atom is -0.381 e. The second-order valence-electron chi connectivity index (χ2n) is 5.97. The number of imidazole rings is 1. The van der Waals surface area contributed by atoms with Gasteiger partial charge in [0.1, 0.15) is 0 Å². The Bertz CT molecular complexity index is 597. The molecule has 1 fully saturated rings. The highest BCUT2D eigenvalue weighted by Crippen LogP contribution is 2.34. The van der Waals surface area contributed by atoms with E-state index in [1.54, 1.807) is 0 Å². The number of aryl methyl sites for hydroxylation is 1. The van der Waals surface area contributed by atoms with Crippen molar-refractivity contribution in [2.45, 2.75) is 33.2 Å². The summed E-state index contributed by atoms with van der Waals surface area (Å²) in [5.41, 5.74) is 9.72. The molecule has 1 saturated heterocycles. The molecule has 2 heterocycles. The van der Waals surface area contributed by atoms with Crippen molar-refractivity contribution >= 4 is 17.0 Å². The molecule has 19 heavy (non-hydrogen) atoms. The molecule has 4 heteroatoms. The molecule has 0 unspecified atom stereocenters. The number of ether oxygens (including phenoxy) is 1. The molecule has 3 rings (SSSR count). The van der Waals surface area contributed by atoms with Gasteiger partial charge in [0.2, 0.25) is 5.95 Å². The average Bonchev–Trinajstić information content (AvgIpc) is 2.67. The van der Waals surface area contributed by atoms with Gasteiger partial charge in [-0.3, -0.25) is 0 Å². The van der Waals surface area contributed by atoms with Crippen LogP contribution in [0.25, 0.3) is 11.0 Å². The summed E-state index contributed by atoms with van der Waals surface area (Å²) in [5, 5.41) is 0. The number of hydrogen-bond acceptors (Lipinski definition) is 3. The van der Waals surface area contributed by atoms with Gasteiger partial charge in [-0.2, -0.15) is 0 Å². The largest absolute Gasteiger partial charge is 0.381 e. The van der Waals surface area contributed by atoms with Crippen molar-refractivity contribution in [1.82, 2.24) is 9.55 Å². The highest BCUT2D eigenvalue weighted by atomic mass is 16.5. The van der Waals surface area contributed by atoms with Crippen molar-refractivity contribution < 1.29 is 4.74 Å². The molecule has 0 atom stereocenters. The van der Waals surface area contributed by atoms with E-state index in [2.05, 4.69) is 35.5 Å². The van der Waals surface area contributed by atoms with E-state index in [-0.39, 0.29) is 5.41 Å². The molecule has 102 valence electrons. The van der Waals surface area contributed by atoms with Gasteiger partial charge in [-0.05, 0) is 42.9 Å². The molecule has 0 amide bonds. The van der Waals surface area contributed by atoms with E-state index in [9.17, 15) is 0 Å². The monoisotopic (exact) mass is 259 g/mol. The van der Waals surface area contributed by atoms with Crippen LogP contribution in [0.1, 0.15) is 25.3 Å². The normalized spacial score (nSPS) is 18.8. The van der Waals surface area contributed by atoms with Crippen molar-refractivity contribution in [3.05, 3.63) is 23.8 Å². The lowest BCUT2D eigenvalue weighted by molar-refractivity contribution is 0.0163. The average molecular weight is 259 g/mol. The second kappa shape index (κ2) is 4.53. The third kappa shape index (κ3) is 2.32. The zero-order chi connectivity index (χ0) is 13.5. The van der Waals surface area contributed by atoms with Crippen molar-refractivity contribution in [1.29, 1.82) is 0 Å². The van der Waals surface area contributed by atoms with Crippen molar-refractivity contribution in [2.24, 2.45) is 5.41 Å². The molecule has 1 aromatic heterocycles. The summed E-state index contributed by atoms with van der Waals surface area (Å²) in [5.74, 6) is 0.619. The van der Waals surface area contributed by atoms with Gasteiger partial charge in [-0.1, -0.05) is 13.0 Å². The summed E-state index contributed by atoms with van der Waals surface area (Å²) in [4.78, 5) is 4.46. The van der Waals surface area contributed by atoms with Gasteiger partial charge in [0.25, 0.3) is 0 Å². The number of rotatable bonds is 2. The predicted molar refractivity (Wildman–Crippen MR) is 77.0 cm³/mol.